The first kappa shape index (κ1) is 11.1. The van der Waals surface area contributed by atoms with Crippen LogP contribution in [0.2, 0.25) is 6.55 Å². The van der Waals surface area contributed by atoms with E-state index >= 15 is 0 Å². The number of hydrogen-bond acceptors (Lipinski definition) is 3. The fourth-order valence-corrected chi connectivity index (χ4v) is 3.25. The highest BCUT2D eigenvalue weighted by molar-refractivity contribution is 6.72. The van der Waals surface area contributed by atoms with Gasteiger partial charge in [-0.25, -0.2) is 0 Å². The third-order valence-corrected chi connectivity index (χ3v) is 4.18. The number of ether oxygens (including phenoxy) is 2. The average molecular weight is 178 g/mol. The van der Waals surface area contributed by atoms with Crippen molar-refractivity contribution in [3.05, 3.63) is 0 Å². The van der Waals surface area contributed by atoms with E-state index in [9.17, 15) is 0 Å². The Morgan fingerprint density at radius 2 is 1.55 bits per heavy atom. The molecule has 0 saturated carbocycles. The van der Waals surface area contributed by atoms with Gasteiger partial charge in [0, 0.05) is 20.8 Å². The molecule has 0 radical (unpaired) electrons. The molecule has 0 unspecified atom stereocenters. The minimum atomic E-state index is -1.69. The lowest BCUT2D eigenvalue weighted by Gasteiger charge is -2.24. The first-order chi connectivity index (χ1) is 5.18. The van der Waals surface area contributed by atoms with Crippen molar-refractivity contribution in [1.29, 1.82) is 0 Å². The summed E-state index contributed by atoms with van der Waals surface area (Å²) in [6.07, 6.45) is 1.41. The number of methoxy groups -OCH3 is 2. The second-order valence-corrected chi connectivity index (χ2v) is 6.51. The van der Waals surface area contributed by atoms with E-state index in [1.807, 2.05) is 6.92 Å². The lowest BCUT2D eigenvalue weighted by molar-refractivity contribution is 0.173. The molecule has 0 aliphatic rings. The Morgan fingerprint density at radius 3 is 1.82 bits per heavy atom. The molecular formula is C7H18O3Si. The predicted octanol–water partition coefficient (Wildman–Crippen LogP) is 0.969. The normalized spacial score (nSPS) is 12.0. The molecule has 0 aromatic rings. The van der Waals surface area contributed by atoms with Crippen molar-refractivity contribution in [2.24, 2.45) is 0 Å². The zero-order valence-electron chi connectivity index (χ0n) is 7.85. The second kappa shape index (κ2) is 5.71. The molecule has 68 valence electrons. The van der Waals surface area contributed by atoms with Gasteiger partial charge in [0.1, 0.15) is 0 Å². The van der Waals surface area contributed by atoms with Crippen molar-refractivity contribution in [1.82, 2.24) is 0 Å². The van der Waals surface area contributed by atoms with Gasteiger partial charge < -0.3 is 13.9 Å². The molecule has 0 aliphatic heterocycles. The topological polar surface area (TPSA) is 27.7 Å². The van der Waals surface area contributed by atoms with E-state index in [0.29, 0.717) is 12.5 Å². The number of hydrogen-bond donors (Lipinski definition) is 0. The van der Waals surface area contributed by atoms with Gasteiger partial charge in [0.15, 0.2) is 0 Å². The Bertz CT molecular complexity index is 80.7. The van der Waals surface area contributed by atoms with Crippen molar-refractivity contribution < 1.29 is 13.9 Å². The van der Waals surface area contributed by atoms with Gasteiger partial charge >= 0.3 is 0 Å². The van der Waals surface area contributed by atoms with Crippen LogP contribution in [0.3, 0.4) is 0 Å². The molecule has 0 bridgehead atoms. The van der Waals surface area contributed by atoms with Crippen LogP contribution >= 0.6 is 0 Å². The van der Waals surface area contributed by atoms with Crippen LogP contribution in [0.5, 0.6) is 0 Å². The maximum absolute atomic E-state index is 5.60. The molecule has 0 rings (SSSR count). The van der Waals surface area contributed by atoms with Crippen molar-refractivity contribution in [2.45, 2.75) is 13.5 Å². The maximum atomic E-state index is 5.60. The Labute approximate surface area is 69.8 Å². The fourth-order valence-electron chi connectivity index (χ4n) is 1.08. The van der Waals surface area contributed by atoms with Gasteiger partial charge in [-0.3, -0.25) is 0 Å². The summed E-state index contributed by atoms with van der Waals surface area (Å²) in [6.45, 7) is 4.86. The zero-order chi connectivity index (χ0) is 8.74. The Balaban J connectivity index is 3.79. The quantitative estimate of drug-likeness (QED) is 0.567. The molecule has 0 aromatic heterocycles. The van der Waals surface area contributed by atoms with Crippen molar-refractivity contribution >= 4 is 8.32 Å². The van der Waals surface area contributed by atoms with E-state index in [0.717, 1.165) is 6.61 Å². The van der Waals surface area contributed by atoms with E-state index in [-0.39, 0.29) is 0 Å². The summed E-state index contributed by atoms with van der Waals surface area (Å²) in [5, 5.41) is 0. The molecule has 0 fully saturated rings. The van der Waals surface area contributed by atoms with Gasteiger partial charge in [-0.1, -0.05) is 0 Å². The SMILES string of the molecule is CCO[Si](C)(COC)COC. The van der Waals surface area contributed by atoms with Crippen LogP contribution in [0.15, 0.2) is 0 Å². The van der Waals surface area contributed by atoms with Crippen LogP contribution in [0.4, 0.5) is 0 Å². The van der Waals surface area contributed by atoms with Crippen LogP contribution in [0, 0.1) is 0 Å². The van der Waals surface area contributed by atoms with Gasteiger partial charge in [-0.2, -0.15) is 0 Å². The summed E-state index contributed by atoms with van der Waals surface area (Å²) in [5.41, 5.74) is 0. The summed E-state index contributed by atoms with van der Waals surface area (Å²) < 4.78 is 15.7. The molecule has 0 atom stereocenters. The summed E-state index contributed by atoms with van der Waals surface area (Å²) in [7, 11) is 1.69. The highest BCUT2D eigenvalue weighted by Gasteiger charge is 2.28. The molecule has 0 aromatic carbocycles. The second-order valence-electron chi connectivity index (χ2n) is 2.75. The number of rotatable bonds is 6. The minimum absolute atomic E-state index is 0.703. The third kappa shape index (κ3) is 4.52. The lowest BCUT2D eigenvalue weighted by Crippen LogP contribution is -2.45. The molecule has 3 nitrogen and oxygen atoms in total. The smallest absolute Gasteiger partial charge is 0.240 e. The highest BCUT2D eigenvalue weighted by atomic mass is 28.4. The predicted molar refractivity (Wildman–Crippen MR) is 47.0 cm³/mol. The van der Waals surface area contributed by atoms with Crippen LogP contribution in [-0.4, -0.2) is 41.6 Å². The van der Waals surface area contributed by atoms with Gasteiger partial charge in [0.2, 0.25) is 8.32 Å². The summed E-state index contributed by atoms with van der Waals surface area (Å²) >= 11 is 0. The summed E-state index contributed by atoms with van der Waals surface area (Å²) in [5.74, 6) is 0. The van der Waals surface area contributed by atoms with Crippen LogP contribution in [0.25, 0.3) is 0 Å². The van der Waals surface area contributed by atoms with Gasteiger partial charge in [0.05, 0.1) is 12.5 Å². The van der Waals surface area contributed by atoms with E-state index in [2.05, 4.69) is 6.55 Å². The largest absolute Gasteiger partial charge is 0.413 e. The first-order valence-electron chi connectivity index (χ1n) is 3.80. The lowest BCUT2D eigenvalue weighted by atomic mass is 10.9. The van der Waals surface area contributed by atoms with Crippen LogP contribution < -0.4 is 0 Å². The van der Waals surface area contributed by atoms with Gasteiger partial charge in [-0.15, -0.1) is 0 Å². The maximum Gasteiger partial charge on any atom is 0.240 e. The van der Waals surface area contributed by atoms with Gasteiger partial charge in [-0.05, 0) is 13.5 Å². The summed E-state index contributed by atoms with van der Waals surface area (Å²) in [6, 6.07) is 0. The molecule has 0 N–H and O–H groups in total. The van der Waals surface area contributed by atoms with E-state index in [4.69, 9.17) is 13.9 Å². The molecule has 4 heteroatoms. The third-order valence-electron chi connectivity index (χ3n) is 1.39. The van der Waals surface area contributed by atoms with Crippen molar-refractivity contribution in [3.63, 3.8) is 0 Å². The molecule has 0 aliphatic carbocycles. The molecule has 0 saturated heterocycles. The first-order valence-corrected chi connectivity index (χ1v) is 6.62. The molecule has 0 spiro atoms. The van der Waals surface area contributed by atoms with Crippen LogP contribution in [0.1, 0.15) is 6.92 Å². The molecular weight excluding hydrogens is 160 g/mol. The van der Waals surface area contributed by atoms with E-state index in [1.165, 1.54) is 0 Å². The molecule has 0 amide bonds. The average Bonchev–Trinajstić information content (AvgIpc) is 1.88. The molecule has 11 heavy (non-hydrogen) atoms. The Kier molecular flexibility index (Phi) is 5.76. The van der Waals surface area contributed by atoms with E-state index < -0.39 is 8.32 Å². The fraction of sp³-hybridized carbons (Fsp3) is 1.00. The van der Waals surface area contributed by atoms with Crippen LogP contribution in [-0.2, 0) is 13.9 Å². The van der Waals surface area contributed by atoms with Crippen molar-refractivity contribution in [2.75, 3.05) is 33.3 Å². The van der Waals surface area contributed by atoms with E-state index in [1.54, 1.807) is 14.2 Å². The van der Waals surface area contributed by atoms with Gasteiger partial charge in [0.25, 0.3) is 0 Å². The van der Waals surface area contributed by atoms with Crippen molar-refractivity contribution in [3.8, 4) is 0 Å². The monoisotopic (exact) mass is 178 g/mol. The minimum Gasteiger partial charge on any atom is -0.413 e. The molecule has 0 heterocycles. The standard InChI is InChI=1S/C7H18O3Si/c1-5-10-11(4,6-8-2)7-9-3/h5-7H2,1-4H3. The highest BCUT2D eigenvalue weighted by Crippen LogP contribution is 2.05. The Hall–Kier alpha value is 0.0969. The Morgan fingerprint density at radius 1 is 1.09 bits per heavy atom. The summed E-state index contributed by atoms with van der Waals surface area (Å²) in [4.78, 5) is 0. The zero-order valence-corrected chi connectivity index (χ0v) is 8.85.